The molecule has 1 aromatic carbocycles. The van der Waals surface area contributed by atoms with E-state index in [1.807, 2.05) is 0 Å². The summed E-state index contributed by atoms with van der Waals surface area (Å²) in [5.41, 5.74) is 0.799. The van der Waals surface area contributed by atoms with Crippen LogP contribution in [0, 0.1) is 11.7 Å². The van der Waals surface area contributed by atoms with Gasteiger partial charge in [-0.2, -0.15) is 0 Å². The summed E-state index contributed by atoms with van der Waals surface area (Å²) in [5.74, 6) is -0.0343. The number of rotatable bonds is 8. The molecule has 0 saturated heterocycles. The molecule has 1 unspecified atom stereocenters. The van der Waals surface area contributed by atoms with Gasteiger partial charge in [-0.05, 0) is 36.5 Å². The van der Waals surface area contributed by atoms with Crippen molar-refractivity contribution in [3.05, 3.63) is 35.6 Å². The van der Waals surface area contributed by atoms with Crippen LogP contribution < -0.4 is 5.32 Å². The Morgan fingerprint density at radius 2 is 2.00 bits per heavy atom. The summed E-state index contributed by atoms with van der Waals surface area (Å²) in [6.07, 6.45) is 3.01. The standard InChI is InChI=1S/C15H22FNO2/c1-2-3-13(8-9-18)11-17-15(19)10-12-4-6-14(16)7-5-12/h4-7,13,18H,2-3,8-11H2,1H3,(H,17,19). The second-order valence-corrected chi connectivity index (χ2v) is 4.77. The molecule has 0 spiro atoms. The molecule has 1 rings (SSSR count). The molecule has 106 valence electrons. The highest BCUT2D eigenvalue weighted by molar-refractivity contribution is 5.78. The molecular formula is C15H22FNO2. The Morgan fingerprint density at radius 1 is 1.32 bits per heavy atom. The number of aliphatic hydroxyl groups excluding tert-OH is 1. The van der Waals surface area contributed by atoms with Crippen LogP contribution in [0.3, 0.4) is 0 Å². The van der Waals surface area contributed by atoms with Crippen molar-refractivity contribution < 1.29 is 14.3 Å². The molecule has 4 heteroatoms. The monoisotopic (exact) mass is 267 g/mol. The lowest BCUT2D eigenvalue weighted by molar-refractivity contribution is -0.120. The second-order valence-electron chi connectivity index (χ2n) is 4.77. The summed E-state index contributed by atoms with van der Waals surface area (Å²) >= 11 is 0. The molecule has 0 aliphatic heterocycles. The van der Waals surface area contributed by atoms with Crippen LogP contribution in [-0.2, 0) is 11.2 Å². The van der Waals surface area contributed by atoms with Gasteiger partial charge in [0, 0.05) is 13.2 Å². The van der Waals surface area contributed by atoms with Crippen molar-refractivity contribution in [2.45, 2.75) is 32.6 Å². The predicted molar refractivity (Wildman–Crippen MR) is 73.2 cm³/mol. The molecule has 0 bridgehead atoms. The zero-order chi connectivity index (χ0) is 14.1. The highest BCUT2D eigenvalue weighted by Gasteiger charge is 2.09. The second kappa shape index (κ2) is 8.64. The van der Waals surface area contributed by atoms with Crippen molar-refractivity contribution in [3.63, 3.8) is 0 Å². The van der Waals surface area contributed by atoms with E-state index in [1.165, 1.54) is 12.1 Å². The van der Waals surface area contributed by atoms with Gasteiger partial charge in [-0.3, -0.25) is 4.79 Å². The topological polar surface area (TPSA) is 49.3 Å². The Hall–Kier alpha value is -1.42. The Bertz CT molecular complexity index is 372. The molecular weight excluding hydrogens is 245 g/mol. The van der Waals surface area contributed by atoms with Crippen LogP contribution in [0.5, 0.6) is 0 Å². The Labute approximate surface area is 113 Å². The van der Waals surface area contributed by atoms with E-state index in [0.29, 0.717) is 18.9 Å². The number of halogens is 1. The predicted octanol–water partition coefficient (Wildman–Crippen LogP) is 2.28. The van der Waals surface area contributed by atoms with Gasteiger partial charge >= 0.3 is 0 Å². The van der Waals surface area contributed by atoms with E-state index < -0.39 is 0 Å². The molecule has 0 aliphatic rings. The fourth-order valence-electron chi connectivity index (χ4n) is 2.05. The van der Waals surface area contributed by atoms with Crippen LogP contribution in [0.15, 0.2) is 24.3 Å². The van der Waals surface area contributed by atoms with Crippen molar-refractivity contribution >= 4 is 5.91 Å². The third kappa shape index (κ3) is 6.34. The maximum Gasteiger partial charge on any atom is 0.224 e. The zero-order valence-electron chi connectivity index (χ0n) is 11.4. The lowest BCUT2D eigenvalue weighted by atomic mass is 10.00. The van der Waals surface area contributed by atoms with Gasteiger partial charge in [-0.1, -0.05) is 25.5 Å². The van der Waals surface area contributed by atoms with E-state index in [1.54, 1.807) is 12.1 Å². The minimum atomic E-state index is -0.296. The van der Waals surface area contributed by atoms with Crippen LogP contribution in [-0.4, -0.2) is 24.2 Å². The zero-order valence-corrected chi connectivity index (χ0v) is 11.4. The SMILES string of the molecule is CCCC(CCO)CNC(=O)Cc1ccc(F)cc1. The number of hydrogen-bond donors (Lipinski definition) is 2. The van der Waals surface area contributed by atoms with Crippen molar-refractivity contribution in [1.82, 2.24) is 5.32 Å². The lowest BCUT2D eigenvalue weighted by Gasteiger charge is -2.15. The highest BCUT2D eigenvalue weighted by atomic mass is 19.1. The summed E-state index contributed by atoms with van der Waals surface area (Å²) in [6.45, 7) is 2.83. The average molecular weight is 267 g/mol. The molecule has 0 aliphatic carbocycles. The first kappa shape index (κ1) is 15.6. The molecule has 1 amide bonds. The molecule has 1 aromatic rings. The molecule has 0 aromatic heterocycles. The number of amides is 1. The number of nitrogens with one attached hydrogen (secondary N) is 1. The molecule has 3 nitrogen and oxygen atoms in total. The molecule has 0 heterocycles. The summed E-state index contributed by atoms with van der Waals surface area (Å²) in [4.78, 5) is 11.7. The summed E-state index contributed by atoms with van der Waals surface area (Å²) < 4.78 is 12.7. The van der Waals surface area contributed by atoms with Gasteiger partial charge in [0.1, 0.15) is 5.82 Å². The number of carbonyl (C=O) groups is 1. The highest BCUT2D eigenvalue weighted by Crippen LogP contribution is 2.09. The first-order chi connectivity index (χ1) is 9.15. The third-order valence-electron chi connectivity index (χ3n) is 3.10. The van der Waals surface area contributed by atoms with Crippen LogP contribution in [0.4, 0.5) is 4.39 Å². The molecule has 19 heavy (non-hydrogen) atoms. The van der Waals surface area contributed by atoms with Gasteiger partial charge in [0.05, 0.1) is 6.42 Å². The van der Waals surface area contributed by atoms with Gasteiger partial charge in [-0.15, -0.1) is 0 Å². The minimum Gasteiger partial charge on any atom is -0.396 e. The van der Waals surface area contributed by atoms with Crippen molar-refractivity contribution in [2.75, 3.05) is 13.2 Å². The van der Waals surface area contributed by atoms with Crippen LogP contribution in [0.25, 0.3) is 0 Å². The van der Waals surface area contributed by atoms with Crippen molar-refractivity contribution in [2.24, 2.45) is 5.92 Å². The summed E-state index contributed by atoms with van der Waals surface area (Å²) in [6, 6.07) is 5.95. The largest absolute Gasteiger partial charge is 0.396 e. The first-order valence-electron chi connectivity index (χ1n) is 6.77. The number of benzene rings is 1. The smallest absolute Gasteiger partial charge is 0.224 e. The van der Waals surface area contributed by atoms with Crippen LogP contribution >= 0.6 is 0 Å². The quantitative estimate of drug-likeness (QED) is 0.759. The minimum absolute atomic E-state index is 0.0642. The Balaban J connectivity index is 2.35. The average Bonchev–Trinajstić information content (AvgIpc) is 2.39. The molecule has 2 N–H and O–H groups in total. The fraction of sp³-hybridized carbons (Fsp3) is 0.533. The Kier molecular flexibility index (Phi) is 7.11. The first-order valence-corrected chi connectivity index (χ1v) is 6.77. The normalized spacial score (nSPS) is 12.2. The van der Waals surface area contributed by atoms with Gasteiger partial charge in [0.25, 0.3) is 0 Å². The van der Waals surface area contributed by atoms with Gasteiger partial charge in [0.2, 0.25) is 5.91 Å². The maximum absolute atomic E-state index is 12.7. The van der Waals surface area contributed by atoms with E-state index in [2.05, 4.69) is 12.2 Å². The van der Waals surface area contributed by atoms with Crippen LogP contribution in [0.1, 0.15) is 31.7 Å². The third-order valence-corrected chi connectivity index (χ3v) is 3.10. The van der Waals surface area contributed by atoms with Gasteiger partial charge in [0.15, 0.2) is 0 Å². The molecule has 1 atom stereocenters. The number of carbonyl (C=O) groups excluding carboxylic acids is 1. The van der Waals surface area contributed by atoms with Crippen molar-refractivity contribution in [3.8, 4) is 0 Å². The van der Waals surface area contributed by atoms with E-state index in [-0.39, 0.29) is 24.8 Å². The molecule has 0 radical (unpaired) electrons. The van der Waals surface area contributed by atoms with Crippen molar-refractivity contribution in [1.29, 1.82) is 0 Å². The lowest BCUT2D eigenvalue weighted by Crippen LogP contribution is -2.30. The molecule has 0 fully saturated rings. The van der Waals surface area contributed by atoms with E-state index in [0.717, 1.165) is 18.4 Å². The molecule has 0 saturated carbocycles. The van der Waals surface area contributed by atoms with Gasteiger partial charge in [-0.25, -0.2) is 4.39 Å². The number of aliphatic hydroxyl groups is 1. The number of hydrogen-bond acceptors (Lipinski definition) is 2. The van der Waals surface area contributed by atoms with E-state index in [9.17, 15) is 9.18 Å². The Morgan fingerprint density at radius 3 is 2.58 bits per heavy atom. The van der Waals surface area contributed by atoms with E-state index in [4.69, 9.17) is 5.11 Å². The maximum atomic E-state index is 12.7. The fourth-order valence-corrected chi connectivity index (χ4v) is 2.05. The van der Waals surface area contributed by atoms with E-state index >= 15 is 0 Å². The van der Waals surface area contributed by atoms with Gasteiger partial charge < -0.3 is 10.4 Å². The summed E-state index contributed by atoms with van der Waals surface area (Å²) in [5, 5.41) is 11.8. The summed E-state index contributed by atoms with van der Waals surface area (Å²) in [7, 11) is 0. The van der Waals surface area contributed by atoms with Crippen LogP contribution in [0.2, 0.25) is 0 Å².